The van der Waals surface area contributed by atoms with E-state index in [1.54, 1.807) is 22.8 Å². The van der Waals surface area contributed by atoms with Crippen LogP contribution in [0, 0.1) is 0 Å². The number of ether oxygens (including phenoxy) is 1. The lowest BCUT2D eigenvalue weighted by Gasteiger charge is -2.41. The molecule has 0 N–H and O–H groups in total. The Morgan fingerprint density at radius 3 is 2.78 bits per heavy atom. The van der Waals surface area contributed by atoms with E-state index in [9.17, 15) is 13.2 Å². The molecule has 124 valence electrons. The number of pyridine rings is 1. The Morgan fingerprint density at radius 1 is 1.35 bits per heavy atom. The number of anilines is 1. The summed E-state index contributed by atoms with van der Waals surface area (Å²) in [5.41, 5.74) is -0.628. The summed E-state index contributed by atoms with van der Waals surface area (Å²) in [6, 6.07) is 2.35. The quantitative estimate of drug-likeness (QED) is 0.851. The van der Waals surface area contributed by atoms with Crippen molar-refractivity contribution in [3.8, 4) is 0 Å². The molecule has 8 heteroatoms. The van der Waals surface area contributed by atoms with Crippen LogP contribution in [0.1, 0.15) is 18.1 Å². The lowest BCUT2D eigenvalue weighted by Crippen LogP contribution is -2.49. The predicted octanol–water partition coefficient (Wildman–Crippen LogP) is 2.59. The summed E-state index contributed by atoms with van der Waals surface area (Å²) in [4.78, 5) is 5.59. The zero-order valence-electron chi connectivity index (χ0n) is 12.8. The monoisotopic (exact) mass is 326 g/mol. The van der Waals surface area contributed by atoms with Crippen LogP contribution in [0.4, 0.5) is 19.0 Å². The number of aryl methyl sites for hydroxylation is 1. The van der Waals surface area contributed by atoms with Gasteiger partial charge >= 0.3 is 6.18 Å². The van der Waals surface area contributed by atoms with Crippen LogP contribution < -0.4 is 4.90 Å². The second-order valence-corrected chi connectivity index (χ2v) is 5.78. The Bertz CT molecular complexity index is 700. The maximum absolute atomic E-state index is 13.2. The summed E-state index contributed by atoms with van der Waals surface area (Å²) in [6.07, 6.45) is 0.424. The Kier molecular flexibility index (Phi) is 3.79. The molecule has 3 rings (SSSR count). The van der Waals surface area contributed by atoms with Crippen molar-refractivity contribution in [2.24, 2.45) is 7.05 Å². The van der Waals surface area contributed by atoms with Gasteiger partial charge in [-0.1, -0.05) is 0 Å². The van der Waals surface area contributed by atoms with Crippen molar-refractivity contribution >= 4 is 5.82 Å². The largest absolute Gasteiger partial charge is 0.419 e. The molecule has 0 radical (unpaired) electrons. The van der Waals surface area contributed by atoms with Crippen molar-refractivity contribution in [2.75, 3.05) is 24.6 Å². The first-order valence-corrected chi connectivity index (χ1v) is 7.20. The predicted molar refractivity (Wildman–Crippen MR) is 78.0 cm³/mol. The van der Waals surface area contributed by atoms with Gasteiger partial charge in [0.25, 0.3) is 0 Å². The van der Waals surface area contributed by atoms with Gasteiger partial charge in [0.15, 0.2) is 0 Å². The van der Waals surface area contributed by atoms with E-state index in [1.807, 2.05) is 13.1 Å². The zero-order valence-corrected chi connectivity index (χ0v) is 12.8. The minimum atomic E-state index is -4.44. The fraction of sp³-hybridized carbons (Fsp3) is 0.467. The average Bonchev–Trinajstić information content (AvgIpc) is 2.94. The summed E-state index contributed by atoms with van der Waals surface area (Å²) in [6.45, 7) is 2.81. The van der Waals surface area contributed by atoms with Gasteiger partial charge in [0.1, 0.15) is 11.4 Å². The van der Waals surface area contributed by atoms with E-state index >= 15 is 0 Å². The first kappa shape index (κ1) is 15.8. The van der Waals surface area contributed by atoms with E-state index in [2.05, 4.69) is 10.1 Å². The summed E-state index contributed by atoms with van der Waals surface area (Å²) < 4.78 is 47.1. The smallest absolute Gasteiger partial charge is 0.367 e. The zero-order chi connectivity index (χ0) is 16.7. The Labute approximate surface area is 131 Å². The highest BCUT2D eigenvalue weighted by Crippen LogP contribution is 2.38. The molecule has 0 aliphatic carbocycles. The highest BCUT2D eigenvalue weighted by Gasteiger charge is 2.40. The molecule has 2 aromatic heterocycles. The Hall–Kier alpha value is -2.09. The molecule has 3 heterocycles. The number of morpholine rings is 1. The topological polar surface area (TPSA) is 43.2 Å². The minimum absolute atomic E-state index is 0.0570. The number of nitrogens with zero attached hydrogens (tertiary/aromatic N) is 4. The Balaban J connectivity index is 1.93. The van der Waals surface area contributed by atoms with Crippen LogP contribution in [-0.4, -0.2) is 34.5 Å². The molecule has 1 aliphatic rings. The Morgan fingerprint density at radius 2 is 2.13 bits per heavy atom. The number of aromatic nitrogens is 3. The molecular formula is C15H17F3N4O. The van der Waals surface area contributed by atoms with Crippen molar-refractivity contribution in [1.29, 1.82) is 0 Å². The molecule has 1 fully saturated rings. The van der Waals surface area contributed by atoms with Gasteiger partial charge in [-0.3, -0.25) is 4.68 Å². The fourth-order valence-corrected chi connectivity index (χ4v) is 2.79. The second kappa shape index (κ2) is 5.52. The van der Waals surface area contributed by atoms with Gasteiger partial charge in [-0.15, -0.1) is 0 Å². The van der Waals surface area contributed by atoms with Gasteiger partial charge in [0.2, 0.25) is 0 Å². The SMILES string of the molecule is Cn1cc(C2(C)CN(c3ncccc3C(F)(F)F)CCO2)cn1. The molecule has 1 aliphatic heterocycles. The van der Waals surface area contributed by atoms with Crippen LogP contribution in [0.3, 0.4) is 0 Å². The third-order valence-electron chi connectivity index (χ3n) is 3.98. The number of halogens is 3. The molecule has 23 heavy (non-hydrogen) atoms. The third kappa shape index (κ3) is 3.03. The van der Waals surface area contributed by atoms with Crippen molar-refractivity contribution < 1.29 is 17.9 Å². The fourth-order valence-electron chi connectivity index (χ4n) is 2.79. The van der Waals surface area contributed by atoms with E-state index < -0.39 is 17.3 Å². The number of hydrogen-bond donors (Lipinski definition) is 0. The molecule has 0 bridgehead atoms. The number of alkyl halides is 3. The molecule has 0 saturated carbocycles. The van der Waals surface area contributed by atoms with Crippen LogP contribution in [-0.2, 0) is 23.6 Å². The summed E-state index contributed by atoms with van der Waals surface area (Å²) in [7, 11) is 1.79. The van der Waals surface area contributed by atoms with Gasteiger partial charge < -0.3 is 9.64 Å². The van der Waals surface area contributed by atoms with Crippen LogP contribution >= 0.6 is 0 Å². The maximum Gasteiger partial charge on any atom is 0.419 e. The van der Waals surface area contributed by atoms with E-state index in [4.69, 9.17) is 4.74 Å². The molecule has 0 spiro atoms. The van der Waals surface area contributed by atoms with Crippen LogP contribution in [0.25, 0.3) is 0 Å². The molecule has 0 aromatic carbocycles. The molecule has 2 aromatic rings. The lowest BCUT2D eigenvalue weighted by atomic mass is 9.96. The van der Waals surface area contributed by atoms with Gasteiger partial charge in [-0.05, 0) is 19.1 Å². The second-order valence-electron chi connectivity index (χ2n) is 5.78. The van der Waals surface area contributed by atoms with E-state index in [-0.39, 0.29) is 12.4 Å². The molecule has 1 atom stereocenters. The number of rotatable bonds is 2. The van der Waals surface area contributed by atoms with Gasteiger partial charge in [-0.2, -0.15) is 18.3 Å². The first-order valence-electron chi connectivity index (χ1n) is 7.20. The maximum atomic E-state index is 13.2. The van der Waals surface area contributed by atoms with Crippen molar-refractivity contribution in [2.45, 2.75) is 18.7 Å². The van der Waals surface area contributed by atoms with Crippen molar-refractivity contribution in [3.05, 3.63) is 41.9 Å². The van der Waals surface area contributed by atoms with E-state index in [1.165, 1.54) is 12.3 Å². The third-order valence-corrected chi connectivity index (χ3v) is 3.98. The standard InChI is InChI=1S/C15H17F3N4O/c1-14(11-8-20-21(2)9-11)10-22(6-7-23-14)13-12(15(16,17)18)4-3-5-19-13/h3-5,8-9H,6-7,10H2,1-2H3. The van der Waals surface area contributed by atoms with Gasteiger partial charge in [-0.25, -0.2) is 4.98 Å². The van der Waals surface area contributed by atoms with Crippen LogP contribution in [0.2, 0.25) is 0 Å². The molecule has 1 unspecified atom stereocenters. The molecule has 5 nitrogen and oxygen atoms in total. The average molecular weight is 326 g/mol. The lowest BCUT2D eigenvalue weighted by molar-refractivity contribution is -0.137. The highest BCUT2D eigenvalue weighted by atomic mass is 19.4. The molecular weight excluding hydrogens is 309 g/mol. The van der Waals surface area contributed by atoms with Gasteiger partial charge in [0, 0.05) is 31.5 Å². The highest BCUT2D eigenvalue weighted by molar-refractivity contribution is 5.49. The van der Waals surface area contributed by atoms with Crippen molar-refractivity contribution in [3.63, 3.8) is 0 Å². The van der Waals surface area contributed by atoms with Crippen LogP contribution in [0.15, 0.2) is 30.7 Å². The van der Waals surface area contributed by atoms with Crippen molar-refractivity contribution in [1.82, 2.24) is 14.8 Å². The van der Waals surface area contributed by atoms with Gasteiger partial charge in [0.05, 0.1) is 24.9 Å². The molecule has 1 saturated heterocycles. The summed E-state index contributed by atoms with van der Waals surface area (Å²) in [5.74, 6) is -0.0570. The summed E-state index contributed by atoms with van der Waals surface area (Å²) in [5, 5.41) is 4.11. The van der Waals surface area contributed by atoms with E-state index in [0.717, 1.165) is 11.6 Å². The summed E-state index contributed by atoms with van der Waals surface area (Å²) >= 11 is 0. The molecule has 0 amide bonds. The van der Waals surface area contributed by atoms with E-state index in [0.29, 0.717) is 13.2 Å². The number of hydrogen-bond acceptors (Lipinski definition) is 4. The normalized spacial score (nSPS) is 22.4. The first-order chi connectivity index (χ1) is 10.8. The minimum Gasteiger partial charge on any atom is -0.367 e. The van der Waals surface area contributed by atoms with Crippen LogP contribution in [0.5, 0.6) is 0 Å².